The third-order valence-corrected chi connectivity index (χ3v) is 2.35. The Morgan fingerprint density at radius 1 is 1.44 bits per heavy atom. The smallest absolute Gasteiger partial charge is 0.250 e. The van der Waals surface area contributed by atoms with E-state index in [4.69, 9.17) is 5.73 Å². The first kappa shape index (κ1) is 14.4. The zero-order chi connectivity index (χ0) is 13.8. The summed E-state index contributed by atoms with van der Waals surface area (Å²) in [4.78, 5) is 23.2. The number of rotatable bonds is 5. The Labute approximate surface area is 107 Å². The molecule has 1 rings (SSSR count). The van der Waals surface area contributed by atoms with Gasteiger partial charge in [-0.25, -0.2) is 0 Å². The molecule has 0 spiro atoms. The van der Waals surface area contributed by atoms with Crippen LogP contribution in [0.3, 0.4) is 0 Å². The van der Waals surface area contributed by atoms with Gasteiger partial charge in [0.05, 0.1) is 5.69 Å². The molecule has 0 aliphatic carbocycles. The number of amides is 1. The molecule has 18 heavy (non-hydrogen) atoms. The van der Waals surface area contributed by atoms with Crippen LogP contribution < -0.4 is 16.6 Å². The standard InChI is InChI=1S/C13H21N3O2/c1-4-7-16-9-10(5-6-12(16)18)15-11(17)8-13(2,3)14/h5-6,9H,4,7-8,14H2,1-3H3,(H,15,17). The fourth-order valence-electron chi connectivity index (χ4n) is 1.64. The molecular formula is C13H21N3O2. The summed E-state index contributed by atoms with van der Waals surface area (Å²) >= 11 is 0. The highest BCUT2D eigenvalue weighted by Crippen LogP contribution is 2.08. The number of nitrogens with zero attached hydrogens (tertiary/aromatic N) is 1. The van der Waals surface area contributed by atoms with Gasteiger partial charge in [-0.15, -0.1) is 0 Å². The van der Waals surface area contributed by atoms with Crippen LogP contribution in [0.2, 0.25) is 0 Å². The molecule has 100 valence electrons. The quantitative estimate of drug-likeness (QED) is 0.828. The second-order valence-corrected chi connectivity index (χ2v) is 5.16. The number of aryl methyl sites for hydroxylation is 1. The van der Waals surface area contributed by atoms with E-state index < -0.39 is 5.54 Å². The molecule has 3 N–H and O–H groups in total. The molecule has 0 radical (unpaired) electrons. The Bertz CT molecular complexity index is 472. The average molecular weight is 251 g/mol. The molecule has 0 bridgehead atoms. The molecule has 0 saturated heterocycles. The van der Waals surface area contributed by atoms with Crippen LogP contribution in [0, 0.1) is 0 Å². The Hall–Kier alpha value is -1.62. The van der Waals surface area contributed by atoms with Gasteiger partial charge in [-0.1, -0.05) is 6.92 Å². The third-order valence-electron chi connectivity index (χ3n) is 2.35. The van der Waals surface area contributed by atoms with Crippen LogP contribution >= 0.6 is 0 Å². The van der Waals surface area contributed by atoms with Gasteiger partial charge in [-0.2, -0.15) is 0 Å². The molecule has 0 unspecified atom stereocenters. The monoisotopic (exact) mass is 251 g/mol. The molecule has 1 amide bonds. The molecule has 1 aromatic rings. The molecule has 0 aromatic carbocycles. The lowest BCUT2D eigenvalue weighted by Crippen LogP contribution is -2.36. The molecule has 1 heterocycles. The van der Waals surface area contributed by atoms with Crippen molar-refractivity contribution in [2.24, 2.45) is 5.73 Å². The lowest BCUT2D eigenvalue weighted by atomic mass is 10.0. The van der Waals surface area contributed by atoms with E-state index in [1.807, 2.05) is 6.92 Å². The normalized spacial score (nSPS) is 11.3. The van der Waals surface area contributed by atoms with Gasteiger partial charge in [0.25, 0.3) is 5.56 Å². The van der Waals surface area contributed by atoms with Crippen LogP contribution in [0.5, 0.6) is 0 Å². The van der Waals surface area contributed by atoms with E-state index in [9.17, 15) is 9.59 Å². The second kappa shape index (κ2) is 5.82. The SMILES string of the molecule is CCCn1cc(NC(=O)CC(C)(C)N)ccc1=O. The molecule has 5 heteroatoms. The number of nitrogens with one attached hydrogen (secondary N) is 1. The maximum Gasteiger partial charge on any atom is 0.250 e. The topological polar surface area (TPSA) is 77.1 Å². The van der Waals surface area contributed by atoms with Gasteiger partial charge in [0.15, 0.2) is 0 Å². The highest BCUT2D eigenvalue weighted by atomic mass is 16.1. The molecule has 0 saturated carbocycles. The van der Waals surface area contributed by atoms with Crippen LogP contribution in [0.1, 0.15) is 33.6 Å². The first-order valence-electron chi connectivity index (χ1n) is 6.11. The molecule has 5 nitrogen and oxygen atoms in total. The van der Waals surface area contributed by atoms with Gasteiger partial charge in [0.2, 0.25) is 5.91 Å². The first-order valence-corrected chi connectivity index (χ1v) is 6.11. The van der Waals surface area contributed by atoms with Crippen LogP contribution in [0.15, 0.2) is 23.1 Å². The number of nitrogens with two attached hydrogens (primary N) is 1. The Morgan fingerprint density at radius 3 is 2.67 bits per heavy atom. The summed E-state index contributed by atoms with van der Waals surface area (Å²) in [7, 11) is 0. The Kier molecular flexibility index (Phi) is 4.67. The zero-order valence-corrected chi connectivity index (χ0v) is 11.2. The van der Waals surface area contributed by atoms with Crippen molar-refractivity contribution in [2.75, 3.05) is 5.32 Å². The number of anilines is 1. The number of carbonyl (C=O) groups excluding carboxylic acids is 1. The van der Waals surface area contributed by atoms with Gasteiger partial charge in [-0.3, -0.25) is 9.59 Å². The summed E-state index contributed by atoms with van der Waals surface area (Å²) in [5, 5.41) is 2.75. The molecule has 0 atom stereocenters. The summed E-state index contributed by atoms with van der Waals surface area (Å²) in [6, 6.07) is 3.06. The third kappa shape index (κ3) is 4.71. The number of carbonyl (C=O) groups is 1. The number of hydrogen-bond acceptors (Lipinski definition) is 3. The van der Waals surface area contributed by atoms with E-state index in [1.54, 1.807) is 30.7 Å². The Morgan fingerprint density at radius 2 is 2.11 bits per heavy atom. The van der Waals surface area contributed by atoms with E-state index in [0.29, 0.717) is 12.2 Å². The van der Waals surface area contributed by atoms with Crippen LogP contribution in [-0.2, 0) is 11.3 Å². The molecular weight excluding hydrogens is 230 g/mol. The lowest BCUT2D eigenvalue weighted by Gasteiger charge is -2.17. The lowest BCUT2D eigenvalue weighted by molar-refractivity contribution is -0.117. The van der Waals surface area contributed by atoms with Crippen molar-refractivity contribution in [3.63, 3.8) is 0 Å². The van der Waals surface area contributed by atoms with Crippen molar-refractivity contribution in [1.82, 2.24) is 4.57 Å². The highest BCUT2D eigenvalue weighted by molar-refractivity contribution is 5.91. The predicted octanol–water partition coefficient (Wildman–Crippen LogP) is 1.32. The predicted molar refractivity (Wildman–Crippen MR) is 72.5 cm³/mol. The first-order chi connectivity index (χ1) is 8.31. The number of aromatic nitrogens is 1. The van der Waals surface area contributed by atoms with Gasteiger partial charge in [0.1, 0.15) is 0 Å². The van der Waals surface area contributed by atoms with E-state index in [-0.39, 0.29) is 17.9 Å². The van der Waals surface area contributed by atoms with E-state index in [2.05, 4.69) is 5.32 Å². The highest BCUT2D eigenvalue weighted by Gasteiger charge is 2.16. The summed E-state index contributed by atoms with van der Waals surface area (Å²) in [5.74, 6) is -0.149. The van der Waals surface area contributed by atoms with Crippen LogP contribution in [-0.4, -0.2) is 16.0 Å². The minimum Gasteiger partial charge on any atom is -0.325 e. The summed E-state index contributed by atoms with van der Waals surface area (Å²) < 4.78 is 1.59. The van der Waals surface area contributed by atoms with Crippen molar-refractivity contribution in [2.45, 2.75) is 45.7 Å². The zero-order valence-electron chi connectivity index (χ0n) is 11.2. The van der Waals surface area contributed by atoms with Crippen molar-refractivity contribution < 1.29 is 4.79 Å². The van der Waals surface area contributed by atoms with E-state index in [0.717, 1.165) is 6.42 Å². The van der Waals surface area contributed by atoms with Crippen molar-refractivity contribution in [3.05, 3.63) is 28.7 Å². The minimum atomic E-state index is -0.540. The number of hydrogen-bond donors (Lipinski definition) is 2. The van der Waals surface area contributed by atoms with Crippen LogP contribution in [0.4, 0.5) is 5.69 Å². The Balaban J connectivity index is 2.76. The largest absolute Gasteiger partial charge is 0.325 e. The average Bonchev–Trinajstić information content (AvgIpc) is 2.20. The summed E-state index contributed by atoms with van der Waals surface area (Å²) in [6.07, 6.45) is 2.76. The summed E-state index contributed by atoms with van der Waals surface area (Å²) in [6.45, 7) is 6.23. The van der Waals surface area contributed by atoms with E-state index in [1.165, 1.54) is 6.07 Å². The molecule has 0 aliphatic rings. The minimum absolute atomic E-state index is 0.0611. The van der Waals surface area contributed by atoms with Crippen molar-refractivity contribution in [1.29, 1.82) is 0 Å². The molecule has 1 aromatic heterocycles. The fraction of sp³-hybridized carbons (Fsp3) is 0.538. The molecule has 0 aliphatic heterocycles. The molecule has 0 fully saturated rings. The summed E-state index contributed by atoms with van der Waals surface area (Å²) in [5.41, 5.74) is 5.80. The maximum absolute atomic E-state index is 11.7. The van der Waals surface area contributed by atoms with E-state index >= 15 is 0 Å². The number of pyridine rings is 1. The second-order valence-electron chi connectivity index (χ2n) is 5.16. The van der Waals surface area contributed by atoms with Gasteiger partial charge in [-0.05, 0) is 26.3 Å². The van der Waals surface area contributed by atoms with Crippen molar-refractivity contribution in [3.8, 4) is 0 Å². The fourth-order valence-corrected chi connectivity index (χ4v) is 1.64. The maximum atomic E-state index is 11.7. The van der Waals surface area contributed by atoms with Crippen molar-refractivity contribution >= 4 is 11.6 Å². The van der Waals surface area contributed by atoms with Gasteiger partial charge in [0, 0.05) is 30.8 Å². The van der Waals surface area contributed by atoms with Gasteiger partial charge >= 0.3 is 0 Å². The van der Waals surface area contributed by atoms with Crippen LogP contribution in [0.25, 0.3) is 0 Å². The van der Waals surface area contributed by atoms with Gasteiger partial charge < -0.3 is 15.6 Å².